The number of amides is 1. The second kappa shape index (κ2) is 5.11. The average molecular weight is 271 g/mol. The number of rotatable bonds is 2. The lowest BCUT2D eigenvalue weighted by Gasteiger charge is -2.44. The summed E-state index contributed by atoms with van der Waals surface area (Å²) in [5, 5.41) is 9.42. The molecule has 2 atom stereocenters. The zero-order chi connectivity index (χ0) is 13.3. The number of nitrogens with zero attached hydrogens (tertiary/aromatic N) is 1. The normalized spacial score (nSPS) is 31.3. The van der Waals surface area contributed by atoms with Crippen LogP contribution in [0.5, 0.6) is 0 Å². The molecule has 0 spiro atoms. The van der Waals surface area contributed by atoms with Gasteiger partial charge in [-0.25, -0.2) is 4.79 Å². The molecule has 0 aromatic carbocycles. The van der Waals surface area contributed by atoms with Gasteiger partial charge in [0.15, 0.2) is 0 Å². The minimum atomic E-state index is -0.865. The van der Waals surface area contributed by atoms with E-state index in [-0.39, 0.29) is 16.6 Å². The quantitative estimate of drug-likeness (QED) is 0.834. The summed E-state index contributed by atoms with van der Waals surface area (Å²) in [6.07, 6.45) is 3.73. The van der Waals surface area contributed by atoms with Gasteiger partial charge < -0.3 is 10.0 Å². The highest BCUT2D eigenvalue weighted by molar-refractivity contribution is 8.00. The van der Waals surface area contributed by atoms with Crippen molar-refractivity contribution in [3.8, 4) is 0 Å². The number of carboxylic acid groups (broad SMARTS) is 1. The molecule has 0 aliphatic carbocycles. The first-order valence-electron chi connectivity index (χ1n) is 6.58. The highest BCUT2D eigenvalue weighted by atomic mass is 32.2. The molecular weight excluding hydrogens is 250 g/mol. The molecule has 0 aromatic heterocycles. The molecule has 1 amide bonds. The van der Waals surface area contributed by atoms with Crippen LogP contribution in [0.25, 0.3) is 0 Å². The van der Waals surface area contributed by atoms with Crippen LogP contribution in [0.4, 0.5) is 0 Å². The van der Waals surface area contributed by atoms with E-state index >= 15 is 0 Å². The third kappa shape index (κ3) is 2.51. The van der Waals surface area contributed by atoms with Gasteiger partial charge in [0.25, 0.3) is 0 Å². The van der Waals surface area contributed by atoms with Gasteiger partial charge in [0, 0.05) is 6.54 Å². The Bertz CT molecular complexity index is 350. The van der Waals surface area contributed by atoms with E-state index in [9.17, 15) is 14.7 Å². The van der Waals surface area contributed by atoms with E-state index in [1.165, 1.54) is 0 Å². The van der Waals surface area contributed by atoms with Gasteiger partial charge in [-0.1, -0.05) is 13.8 Å². The number of piperidine rings is 1. The average Bonchev–Trinajstić information content (AvgIpc) is 2.79. The van der Waals surface area contributed by atoms with E-state index in [1.54, 1.807) is 16.7 Å². The Morgan fingerprint density at radius 1 is 1.33 bits per heavy atom. The molecule has 0 aromatic rings. The molecule has 0 bridgehead atoms. The van der Waals surface area contributed by atoms with Gasteiger partial charge in [-0.05, 0) is 36.9 Å². The molecule has 1 N–H and O–H groups in total. The second-order valence-electron chi connectivity index (χ2n) is 5.87. The van der Waals surface area contributed by atoms with Crippen molar-refractivity contribution in [3.05, 3.63) is 0 Å². The van der Waals surface area contributed by atoms with E-state index in [4.69, 9.17) is 0 Å². The van der Waals surface area contributed by atoms with Crippen molar-refractivity contribution >= 4 is 23.6 Å². The third-order valence-corrected chi connectivity index (χ3v) is 5.36. The van der Waals surface area contributed by atoms with Gasteiger partial charge >= 0.3 is 5.97 Å². The molecule has 2 aliphatic rings. The molecule has 4 nitrogen and oxygen atoms in total. The fraction of sp³-hybridized carbons (Fsp3) is 0.846. The van der Waals surface area contributed by atoms with Crippen molar-refractivity contribution in [2.24, 2.45) is 5.41 Å². The topological polar surface area (TPSA) is 57.6 Å². The maximum absolute atomic E-state index is 12.4. The molecule has 18 heavy (non-hydrogen) atoms. The molecule has 2 saturated heterocycles. The Morgan fingerprint density at radius 2 is 2.06 bits per heavy atom. The summed E-state index contributed by atoms with van der Waals surface area (Å²) >= 11 is 1.67. The Morgan fingerprint density at radius 3 is 2.61 bits per heavy atom. The van der Waals surface area contributed by atoms with E-state index in [0.29, 0.717) is 6.54 Å². The number of carbonyl (C=O) groups is 2. The predicted molar refractivity (Wildman–Crippen MR) is 71.6 cm³/mol. The summed E-state index contributed by atoms with van der Waals surface area (Å²) in [6, 6.07) is -0.667. The first-order chi connectivity index (χ1) is 8.43. The van der Waals surface area contributed by atoms with Crippen molar-refractivity contribution in [2.75, 3.05) is 12.3 Å². The van der Waals surface area contributed by atoms with Crippen LogP contribution in [0, 0.1) is 5.41 Å². The Labute approximate surface area is 112 Å². The van der Waals surface area contributed by atoms with Gasteiger partial charge in [0.1, 0.15) is 6.04 Å². The summed E-state index contributed by atoms with van der Waals surface area (Å²) in [7, 11) is 0. The molecule has 0 radical (unpaired) electrons. The van der Waals surface area contributed by atoms with Crippen LogP contribution < -0.4 is 0 Å². The van der Waals surface area contributed by atoms with Crippen LogP contribution in [0.15, 0.2) is 0 Å². The second-order valence-corrected chi connectivity index (χ2v) is 7.18. The van der Waals surface area contributed by atoms with Gasteiger partial charge in [-0.15, -0.1) is 11.8 Å². The molecule has 102 valence electrons. The van der Waals surface area contributed by atoms with Crippen LogP contribution in [0.2, 0.25) is 0 Å². The smallest absolute Gasteiger partial charge is 0.326 e. The van der Waals surface area contributed by atoms with Crippen LogP contribution in [-0.4, -0.2) is 45.5 Å². The zero-order valence-electron chi connectivity index (χ0n) is 11.0. The summed E-state index contributed by atoms with van der Waals surface area (Å²) < 4.78 is 0. The SMILES string of the molecule is CC1(C)CCCN(C(=O)C2CCCS2)C1C(=O)O. The fourth-order valence-electron chi connectivity index (χ4n) is 3.06. The van der Waals surface area contributed by atoms with Crippen LogP contribution in [0.3, 0.4) is 0 Å². The summed E-state index contributed by atoms with van der Waals surface area (Å²) in [5.74, 6) is 0.194. The molecule has 0 saturated carbocycles. The minimum absolute atomic E-state index is 0.0132. The Hall–Kier alpha value is -0.710. The van der Waals surface area contributed by atoms with Gasteiger partial charge in [-0.2, -0.15) is 0 Å². The molecule has 2 heterocycles. The highest BCUT2D eigenvalue weighted by Gasteiger charge is 2.46. The summed E-state index contributed by atoms with van der Waals surface area (Å²) in [5.41, 5.74) is -0.330. The van der Waals surface area contributed by atoms with Crippen molar-refractivity contribution in [1.82, 2.24) is 4.90 Å². The monoisotopic (exact) mass is 271 g/mol. The van der Waals surface area contributed by atoms with Gasteiger partial charge in [0.2, 0.25) is 5.91 Å². The molecule has 2 fully saturated rings. The number of carboxylic acids is 1. The Kier molecular flexibility index (Phi) is 3.90. The standard InChI is InChI=1S/C13H21NO3S/c1-13(2)6-4-7-14(10(13)12(16)17)11(15)9-5-3-8-18-9/h9-10H,3-8H2,1-2H3,(H,16,17). The van der Waals surface area contributed by atoms with Crippen LogP contribution in [0.1, 0.15) is 39.5 Å². The van der Waals surface area contributed by atoms with E-state index < -0.39 is 12.0 Å². The van der Waals surface area contributed by atoms with Crippen molar-refractivity contribution in [2.45, 2.75) is 50.8 Å². The molecule has 2 aliphatic heterocycles. The third-order valence-electron chi connectivity index (χ3n) is 3.99. The van der Waals surface area contributed by atoms with Crippen LogP contribution >= 0.6 is 11.8 Å². The maximum atomic E-state index is 12.4. The summed E-state index contributed by atoms with van der Waals surface area (Å²) in [4.78, 5) is 25.6. The number of likely N-dealkylation sites (tertiary alicyclic amines) is 1. The summed E-state index contributed by atoms with van der Waals surface area (Å²) in [6.45, 7) is 4.50. The number of thioether (sulfide) groups is 1. The predicted octanol–water partition coefficient (Wildman–Crippen LogP) is 1.98. The number of aliphatic carboxylic acids is 1. The van der Waals surface area contributed by atoms with E-state index in [0.717, 1.165) is 31.4 Å². The number of hydrogen-bond donors (Lipinski definition) is 1. The molecule has 5 heteroatoms. The van der Waals surface area contributed by atoms with E-state index in [1.807, 2.05) is 13.8 Å². The van der Waals surface area contributed by atoms with Gasteiger partial charge in [-0.3, -0.25) is 4.79 Å². The van der Waals surface area contributed by atoms with Crippen molar-refractivity contribution in [1.29, 1.82) is 0 Å². The van der Waals surface area contributed by atoms with Crippen molar-refractivity contribution in [3.63, 3.8) is 0 Å². The molecular formula is C13H21NO3S. The van der Waals surface area contributed by atoms with E-state index in [2.05, 4.69) is 0 Å². The lowest BCUT2D eigenvalue weighted by atomic mass is 9.76. The maximum Gasteiger partial charge on any atom is 0.326 e. The lowest BCUT2D eigenvalue weighted by molar-refractivity contribution is -0.158. The molecule has 2 unspecified atom stereocenters. The Balaban J connectivity index is 2.18. The first-order valence-corrected chi connectivity index (χ1v) is 7.63. The highest BCUT2D eigenvalue weighted by Crippen LogP contribution is 2.37. The largest absolute Gasteiger partial charge is 0.480 e. The molecule has 2 rings (SSSR count). The van der Waals surface area contributed by atoms with Gasteiger partial charge in [0.05, 0.1) is 5.25 Å². The van der Waals surface area contributed by atoms with Crippen molar-refractivity contribution < 1.29 is 14.7 Å². The van der Waals surface area contributed by atoms with Crippen LogP contribution in [-0.2, 0) is 9.59 Å². The number of hydrogen-bond acceptors (Lipinski definition) is 3. The fourth-order valence-corrected chi connectivity index (χ4v) is 4.28. The number of carbonyl (C=O) groups excluding carboxylic acids is 1. The first kappa shape index (κ1) is 13.7. The lowest BCUT2D eigenvalue weighted by Crippen LogP contribution is -2.57. The minimum Gasteiger partial charge on any atom is -0.480 e. The zero-order valence-corrected chi connectivity index (χ0v) is 11.8.